The van der Waals surface area contributed by atoms with E-state index in [1.54, 1.807) is 0 Å². The number of nitrogens with zero attached hydrogens (tertiary/aromatic N) is 5. The number of aliphatic hydroxyl groups excluding tert-OH is 1. The van der Waals surface area contributed by atoms with Gasteiger partial charge in [-0.2, -0.15) is 5.10 Å². The van der Waals surface area contributed by atoms with Gasteiger partial charge < -0.3 is 10.0 Å². The maximum absolute atomic E-state index is 10.3. The van der Waals surface area contributed by atoms with Crippen molar-refractivity contribution < 1.29 is 5.11 Å². The number of aromatic nitrogens is 3. The fourth-order valence-corrected chi connectivity index (χ4v) is 4.93. The van der Waals surface area contributed by atoms with Gasteiger partial charge in [-0.1, -0.05) is 0 Å². The highest BCUT2D eigenvalue weighted by atomic mass is 32.1. The number of rotatable bonds is 5. The molecular weight excluding hydrogens is 334 g/mol. The van der Waals surface area contributed by atoms with Crippen molar-refractivity contribution >= 4 is 16.5 Å². The minimum absolute atomic E-state index is 0.365. The van der Waals surface area contributed by atoms with Crippen LogP contribution >= 0.6 is 11.3 Å². The molecule has 2 aromatic rings. The molecule has 1 atom stereocenters. The van der Waals surface area contributed by atoms with E-state index in [0.29, 0.717) is 5.92 Å². The van der Waals surface area contributed by atoms with Crippen molar-refractivity contribution in [3.8, 4) is 0 Å². The predicted octanol–water partition coefficient (Wildman–Crippen LogP) is 2.40. The number of anilines is 1. The molecule has 25 heavy (non-hydrogen) atoms. The zero-order valence-electron chi connectivity index (χ0n) is 14.5. The Kier molecular flexibility index (Phi) is 4.03. The zero-order chi connectivity index (χ0) is 16.8. The van der Waals surface area contributed by atoms with Crippen LogP contribution in [-0.2, 0) is 19.6 Å². The van der Waals surface area contributed by atoms with Gasteiger partial charge in [0.05, 0.1) is 17.9 Å². The van der Waals surface area contributed by atoms with Crippen molar-refractivity contribution in [1.82, 2.24) is 19.7 Å². The van der Waals surface area contributed by atoms with E-state index in [1.807, 2.05) is 17.5 Å². The monoisotopic (exact) mass is 359 g/mol. The molecule has 0 unspecified atom stereocenters. The third-order valence-electron chi connectivity index (χ3n) is 5.56. The Morgan fingerprint density at radius 2 is 2.04 bits per heavy atom. The molecule has 0 bridgehead atoms. The van der Waals surface area contributed by atoms with Gasteiger partial charge in [-0.15, -0.1) is 11.3 Å². The van der Waals surface area contributed by atoms with Crippen LogP contribution in [-0.4, -0.2) is 44.4 Å². The van der Waals surface area contributed by atoms with Gasteiger partial charge >= 0.3 is 0 Å². The average Bonchev–Trinajstić information content (AvgIpc) is 3.04. The van der Waals surface area contributed by atoms with Crippen molar-refractivity contribution in [1.29, 1.82) is 0 Å². The van der Waals surface area contributed by atoms with Crippen molar-refractivity contribution in [2.75, 3.05) is 24.5 Å². The van der Waals surface area contributed by atoms with E-state index in [0.717, 1.165) is 57.8 Å². The van der Waals surface area contributed by atoms with Crippen LogP contribution in [0.25, 0.3) is 0 Å². The summed E-state index contributed by atoms with van der Waals surface area (Å²) < 4.78 is 2.08. The largest absolute Gasteiger partial charge is 0.386 e. The topological polar surface area (TPSA) is 57.4 Å². The summed E-state index contributed by atoms with van der Waals surface area (Å²) in [7, 11) is 0. The summed E-state index contributed by atoms with van der Waals surface area (Å²) in [6, 6.07) is 2.11. The van der Waals surface area contributed by atoms with E-state index in [1.165, 1.54) is 28.5 Å². The van der Waals surface area contributed by atoms with Gasteiger partial charge in [0, 0.05) is 43.8 Å². The van der Waals surface area contributed by atoms with E-state index in [4.69, 9.17) is 0 Å². The first-order chi connectivity index (χ1) is 12.3. The molecule has 1 N–H and O–H groups in total. The van der Waals surface area contributed by atoms with Crippen molar-refractivity contribution in [2.24, 2.45) is 5.92 Å². The molecule has 0 aromatic carbocycles. The Labute approximate surface area is 152 Å². The molecule has 2 aliphatic heterocycles. The zero-order valence-corrected chi connectivity index (χ0v) is 15.3. The van der Waals surface area contributed by atoms with Crippen molar-refractivity contribution in [3.63, 3.8) is 0 Å². The molecule has 5 rings (SSSR count). The highest BCUT2D eigenvalue weighted by molar-refractivity contribution is 7.15. The molecule has 4 heterocycles. The molecule has 2 aromatic heterocycles. The molecule has 0 amide bonds. The summed E-state index contributed by atoms with van der Waals surface area (Å²) in [6.45, 7) is 6.08. The van der Waals surface area contributed by atoms with E-state index < -0.39 is 0 Å². The molecule has 1 saturated carbocycles. The number of fused-ring (bicyclic) bond motifs is 1. The predicted molar refractivity (Wildman–Crippen MR) is 97.6 cm³/mol. The van der Waals surface area contributed by atoms with E-state index in [9.17, 15) is 5.11 Å². The van der Waals surface area contributed by atoms with Crippen molar-refractivity contribution in [3.05, 3.63) is 28.5 Å². The third-order valence-corrected chi connectivity index (χ3v) is 6.61. The summed E-state index contributed by atoms with van der Waals surface area (Å²) in [5.74, 6) is 0.439. The Bertz CT molecular complexity index is 746. The molecule has 1 saturated heterocycles. The molecule has 7 heteroatoms. The van der Waals surface area contributed by atoms with Gasteiger partial charge in [0.2, 0.25) is 0 Å². The molecule has 1 aliphatic carbocycles. The summed E-state index contributed by atoms with van der Waals surface area (Å²) in [6.07, 6.45) is 6.55. The molecule has 0 spiro atoms. The van der Waals surface area contributed by atoms with E-state index in [2.05, 4.69) is 30.6 Å². The second-order valence-corrected chi connectivity index (χ2v) is 8.67. The van der Waals surface area contributed by atoms with Gasteiger partial charge in [0.25, 0.3) is 0 Å². The lowest BCUT2D eigenvalue weighted by Gasteiger charge is -2.26. The summed E-state index contributed by atoms with van der Waals surface area (Å²) >= 11 is 1.84. The van der Waals surface area contributed by atoms with Crippen LogP contribution in [0.15, 0.2) is 12.3 Å². The quantitative estimate of drug-likeness (QED) is 0.888. The smallest absolute Gasteiger partial charge is 0.185 e. The van der Waals surface area contributed by atoms with Crippen LogP contribution in [0.1, 0.15) is 48.1 Å². The Morgan fingerprint density at radius 3 is 2.84 bits per heavy atom. The Morgan fingerprint density at radius 1 is 1.20 bits per heavy atom. The SMILES string of the molecule is O[C@@H](c1cc2n(n1)CCN(Cc1cnc(N3CCCC3)s1)C2)C1CC1. The standard InChI is InChI=1S/C18H25N5OS/c24-17(13-3-4-13)16-9-14-11-21(7-8-23(14)20-16)12-15-10-19-18(25-15)22-5-1-2-6-22/h9-10,13,17,24H,1-8,11-12H2/t17-/m1/s1. The van der Waals surface area contributed by atoms with Crippen LogP contribution < -0.4 is 4.90 Å². The number of hydrogen-bond donors (Lipinski definition) is 1. The molecular formula is C18H25N5OS. The molecule has 134 valence electrons. The minimum Gasteiger partial charge on any atom is -0.386 e. The van der Waals surface area contributed by atoms with Crippen LogP contribution in [0.5, 0.6) is 0 Å². The highest BCUT2D eigenvalue weighted by Crippen LogP contribution is 2.40. The second kappa shape index (κ2) is 6.37. The molecule has 6 nitrogen and oxygen atoms in total. The molecule has 2 fully saturated rings. The fourth-order valence-electron chi connectivity index (χ4n) is 3.92. The van der Waals surface area contributed by atoms with E-state index in [-0.39, 0.29) is 6.10 Å². The Hall–Kier alpha value is -1.44. The molecule has 3 aliphatic rings. The van der Waals surface area contributed by atoms with Crippen molar-refractivity contribution in [2.45, 2.75) is 51.4 Å². The second-order valence-electron chi connectivity index (χ2n) is 7.58. The maximum atomic E-state index is 10.3. The Balaban J connectivity index is 1.24. The fraction of sp³-hybridized carbons (Fsp3) is 0.667. The molecule has 0 radical (unpaired) electrons. The van der Waals surface area contributed by atoms with Crippen LogP contribution in [0.4, 0.5) is 5.13 Å². The third kappa shape index (κ3) is 3.20. The summed E-state index contributed by atoms with van der Waals surface area (Å²) in [5.41, 5.74) is 2.10. The number of aliphatic hydroxyl groups is 1. The van der Waals surface area contributed by atoms with Gasteiger partial charge in [-0.25, -0.2) is 4.98 Å². The summed E-state index contributed by atoms with van der Waals surface area (Å²) in [5, 5.41) is 16.1. The van der Waals surface area contributed by atoms with Gasteiger partial charge in [-0.3, -0.25) is 9.58 Å². The van der Waals surface area contributed by atoms with Gasteiger partial charge in [0.15, 0.2) is 5.13 Å². The lowest BCUT2D eigenvalue weighted by Crippen LogP contribution is -2.33. The first-order valence-corrected chi connectivity index (χ1v) is 10.2. The lowest BCUT2D eigenvalue weighted by atomic mass is 10.1. The minimum atomic E-state index is -0.365. The normalized spacial score (nSPS) is 22.4. The highest BCUT2D eigenvalue weighted by Gasteiger charge is 2.33. The van der Waals surface area contributed by atoms with Crippen LogP contribution in [0, 0.1) is 5.92 Å². The maximum Gasteiger partial charge on any atom is 0.185 e. The van der Waals surface area contributed by atoms with Crippen LogP contribution in [0.2, 0.25) is 0 Å². The van der Waals surface area contributed by atoms with Crippen LogP contribution in [0.3, 0.4) is 0 Å². The first-order valence-electron chi connectivity index (χ1n) is 9.43. The number of thiazole rings is 1. The number of hydrogen-bond acceptors (Lipinski definition) is 6. The first kappa shape index (κ1) is 15.8. The van der Waals surface area contributed by atoms with E-state index >= 15 is 0 Å². The van der Waals surface area contributed by atoms with Gasteiger partial charge in [-0.05, 0) is 37.7 Å². The van der Waals surface area contributed by atoms with Gasteiger partial charge in [0.1, 0.15) is 6.10 Å². The average molecular weight is 359 g/mol. The summed E-state index contributed by atoms with van der Waals surface area (Å²) in [4.78, 5) is 10.8. The lowest BCUT2D eigenvalue weighted by molar-refractivity contribution is 0.147.